The minimum Gasteiger partial charge on any atom is -0.465 e. The lowest BCUT2D eigenvalue weighted by Gasteiger charge is -2.10. The van der Waals surface area contributed by atoms with Crippen LogP contribution in [0.15, 0.2) is 36.4 Å². The SMILES string of the molecule is CCCCCC(O)/C=C(/C(=O)OC)c1ccccc1. The van der Waals surface area contributed by atoms with Crippen LogP contribution in [0.1, 0.15) is 38.2 Å². The molecule has 0 aliphatic rings. The van der Waals surface area contributed by atoms with Crippen molar-refractivity contribution in [2.75, 3.05) is 7.11 Å². The quantitative estimate of drug-likeness (QED) is 0.466. The predicted octanol–water partition coefficient (Wildman–Crippen LogP) is 3.18. The Labute approximate surface area is 114 Å². The molecule has 1 aromatic rings. The molecule has 0 aliphatic carbocycles. The summed E-state index contributed by atoms with van der Waals surface area (Å²) in [5.41, 5.74) is 1.19. The third-order valence-corrected chi connectivity index (χ3v) is 2.95. The summed E-state index contributed by atoms with van der Waals surface area (Å²) in [6.45, 7) is 2.12. The molecule has 3 nitrogen and oxygen atoms in total. The number of unbranched alkanes of at least 4 members (excludes halogenated alkanes) is 2. The van der Waals surface area contributed by atoms with Crippen molar-refractivity contribution in [2.24, 2.45) is 0 Å². The van der Waals surface area contributed by atoms with Crippen molar-refractivity contribution in [3.05, 3.63) is 42.0 Å². The number of benzene rings is 1. The van der Waals surface area contributed by atoms with Gasteiger partial charge in [-0.1, -0.05) is 56.5 Å². The molecule has 1 rings (SSSR count). The topological polar surface area (TPSA) is 46.5 Å². The molecule has 1 unspecified atom stereocenters. The van der Waals surface area contributed by atoms with Gasteiger partial charge in [0.25, 0.3) is 0 Å². The summed E-state index contributed by atoms with van der Waals surface area (Å²) in [4.78, 5) is 11.8. The van der Waals surface area contributed by atoms with Crippen LogP contribution in [0, 0.1) is 0 Å². The average Bonchev–Trinajstić information content (AvgIpc) is 2.45. The number of ether oxygens (including phenoxy) is 1. The first-order valence-corrected chi connectivity index (χ1v) is 6.72. The van der Waals surface area contributed by atoms with Crippen LogP contribution in [-0.2, 0) is 9.53 Å². The second kappa shape index (κ2) is 8.48. The maximum Gasteiger partial charge on any atom is 0.338 e. The molecule has 0 saturated heterocycles. The molecular weight excluding hydrogens is 240 g/mol. The van der Waals surface area contributed by atoms with Crippen LogP contribution in [0.3, 0.4) is 0 Å². The number of hydrogen-bond acceptors (Lipinski definition) is 3. The zero-order valence-corrected chi connectivity index (χ0v) is 11.6. The van der Waals surface area contributed by atoms with Crippen molar-refractivity contribution < 1.29 is 14.6 Å². The number of hydrogen-bond donors (Lipinski definition) is 1. The molecule has 0 fully saturated rings. The summed E-state index contributed by atoms with van der Waals surface area (Å²) in [5, 5.41) is 9.97. The van der Waals surface area contributed by atoms with Gasteiger partial charge >= 0.3 is 5.97 Å². The molecule has 1 aromatic carbocycles. The van der Waals surface area contributed by atoms with Crippen LogP contribution in [0.2, 0.25) is 0 Å². The second-order valence-electron chi connectivity index (χ2n) is 4.50. The first kappa shape index (κ1) is 15.4. The zero-order chi connectivity index (χ0) is 14.1. The van der Waals surface area contributed by atoms with Crippen molar-refractivity contribution in [2.45, 2.75) is 38.7 Å². The molecule has 0 saturated carbocycles. The van der Waals surface area contributed by atoms with E-state index in [9.17, 15) is 9.90 Å². The number of methoxy groups -OCH3 is 1. The molecule has 0 heterocycles. The Morgan fingerprint density at radius 1 is 1.32 bits per heavy atom. The van der Waals surface area contributed by atoms with Crippen molar-refractivity contribution >= 4 is 11.5 Å². The third-order valence-electron chi connectivity index (χ3n) is 2.95. The average molecular weight is 262 g/mol. The summed E-state index contributed by atoms with van der Waals surface area (Å²) in [6.07, 6.45) is 4.80. The highest BCUT2D eigenvalue weighted by molar-refractivity contribution is 6.16. The van der Waals surface area contributed by atoms with E-state index in [-0.39, 0.29) is 0 Å². The highest BCUT2D eigenvalue weighted by Crippen LogP contribution is 2.18. The summed E-state index contributed by atoms with van der Waals surface area (Å²) in [7, 11) is 1.35. The minimum absolute atomic E-state index is 0.416. The Morgan fingerprint density at radius 3 is 2.58 bits per heavy atom. The Kier molecular flexibility index (Phi) is 6.90. The van der Waals surface area contributed by atoms with E-state index in [0.29, 0.717) is 12.0 Å². The lowest BCUT2D eigenvalue weighted by Crippen LogP contribution is -2.09. The number of rotatable bonds is 7. The molecule has 1 N–H and O–H groups in total. The number of esters is 1. The molecule has 0 amide bonds. The lowest BCUT2D eigenvalue weighted by molar-refractivity contribution is -0.133. The first-order chi connectivity index (χ1) is 9.19. The van der Waals surface area contributed by atoms with Crippen molar-refractivity contribution in [1.29, 1.82) is 0 Å². The lowest BCUT2D eigenvalue weighted by atomic mass is 10.0. The van der Waals surface area contributed by atoms with Gasteiger partial charge in [-0.25, -0.2) is 4.79 Å². The van der Waals surface area contributed by atoms with Gasteiger partial charge in [0.2, 0.25) is 0 Å². The fourth-order valence-corrected chi connectivity index (χ4v) is 1.89. The standard InChI is InChI=1S/C16H22O3/c1-3-4-6-11-14(17)12-15(16(18)19-2)13-9-7-5-8-10-13/h5,7-10,12,14,17H,3-4,6,11H2,1-2H3/b15-12+. The van der Waals surface area contributed by atoms with Crippen LogP contribution in [0.4, 0.5) is 0 Å². The van der Waals surface area contributed by atoms with Gasteiger partial charge in [-0.05, 0) is 18.1 Å². The number of carbonyl (C=O) groups excluding carboxylic acids is 1. The van der Waals surface area contributed by atoms with Crippen molar-refractivity contribution in [3.63, 3.8) is 0 Å². The molecule has 104 valence electrons. The minimum atomic E-state index is -0.610. The number of aliphatic hydroxyl groups excluding tert-OH is 1. The van der Waals surface area contributed by atoms with E-state index >= 15 is 0 Å². The van der Waals surface area contributed by atoms with Gasteiger partial charge in [0, 0.05) is 0 Å². The molecule has 19 heavy (non-hydrogen) atoms. The van der Waals surface area contributed by atoms with E-state index in [1.807, 2.05) is 30.3 Å². The van der Waals surface area contributed by atoms with Crippen LogP contribution in [0.25, 0.3) is 5.57 Å². The molecule has 0 radical (unpaired) electrons. The molecule has 0 aromatic heterocycles. The highest BCUT2D eigenvalue weighted by Gasteiger charge is 2.14. The molecule has 0 spiro atoms. The molecular formula is C16H22O3. The summed E-state index contributed by atoms with van der Waals surface area (Å²) >= 11 is 0. The molecule has 3 heteroatoms. The maximum atomic E-state index is 11.8. The van der Waals surface area contributed by atoms with E-state index in [1.165, 1.54) is 7.11 Å². The van der Waals surface area contributed by atoms with Crippen LogP contribution >= 0.6 is 0 Å². The zero-order valence-electron chi connectivity index (χ0n) is 11.6. The normalized spacial score (nSPS) is 13.1. The van der Waals surface area contributed by atoms with Gasteiger partial charge in [-0.3, -0.25) is 0 Å². The Morgan fingerprint density at radius 2 is 2.00 bits per heavy atom. The van der Waals surface area contributed by atoms with Gasteiger partial charge in [0.15, 0.2) is 0 Å². The molecule has 0 bridgehead atoms. The predicted molar refractivity (Wildman–Crippen MR) is 76.6 cm³/mol. The van der Waals surface area contributed by atoms with Crippen molar-refractivity contribution in [1.82, 2.24) is 0 Å². The van der Waals surface area contributed by atoms with E-state index in [4.69, 9.17) is 4.74 Å². The monoisotopic (exact) mass is 262 g/mol. The summed E-state index contributed by atoms with van der Waals surface area (Å²) in [6, 6.07) is 9.27. The van der Waals surface area contributed by atoms with Gasteiger partial charge < -0.3 is 9.84 Å². The Bertz CT molecular complexity index is 409. The van der Waals surface area contributed by atoms with E-state index < -0.39 is 12.1 Å². The first-order valence-electron chi connectivity index (χ1n) is 6.72. The third kappa shape index (κ3) is 5.26. The van der Waals surface area contributed by atoms with Crippen LogP contribution in [0.5, 0.6) is 0 Å². The Balaban J connectivity index is 2.82. The van der Waals surface area contributed by atoms with Crippen LogP contribution in [-0.4, -0.2) is 24.3 Å². The van der Waals surface area contributed by atoms with Gasteiger partial charge in [0.05, 0.1) is 18.8 Å². The second-order valence-corrected chi connectivity index (χ2v) is 4.50. The van der Waals surface area contributed by atoms with Gasteiger partial charge in [-0.15, -0.1) is 0 Å². The largest absolute Gasteiger partial charge is 0.465 e. The van der Waals surface area contributed by atoms with Crippen LogP contribution < -0.4 is 0 Å². The number of carbonyl (C=O) groups is 1. The van der Waals surface area contributed by atoms with Crippen molar-refractivity contribution in [3.8, 4) is 0 Å². The Hall–Kier alpha value is -1.61. The summed E-state index contributed by atoms with van der Waals surface area (Å²) in [5.74, 6) is -0.416. The van der Waals surface area contributed by atoms with E-state index in [1.54, 1.807) is 6.08 Å². The van der Waals surface area contributed by atoms with Gasteiger partial charge in [0.1, 0.15) is 0 Å². The fraction of sp³-hybridized carbons (Fsp3) is 0.438. The van der Waals surface area contributed by atoms with Gasteiger partial charge in [-0.2, -0.15) is 0 Å². The van der Waals surface area contributed by atoms with E-state index in [0.717, 1.165) is 24.8 Å². The van der Waals surface area contributed by atoms with E-state index in [2.05, 4.69) is 6.92 Å². The molecule has 1 atom stereocenters. The molecule has 0 aliphatic heterocycles. The smallest absolute Gasteiger partial charge is 0.338 e. The highest BCUT2D eigenvalue weighted by atomic mass is 16.5. The number of aliphatic hydroxyl groups is 1. The summed E-state index contributed by atoms with van der Waals surface area (Å²) < 4.78 is 4.77. The maximum absolute atomic E-state index is 11.8. The fourth-order valence-electron chi connectivity index (χ4n) is 1.89.